The first kappa shape index (κ1) is 17.6. The van der Waals surface area contributed by atoms with E-state index < -0.39 is 0 Å². The molecule has 0 saturated heterocycles. The van der Waals surface area contributed by atoms with Gasteiger partial charge >= 0.3 is 0 Å². The number of carbonyl (C=O) groups is 2. The maximum atomic E-state index is 13.2. The summed E-state index contributed by atoms with van der Waals surface area (Å²) in [6, 6.07) is 23.5. The predicted molar refractivity (Wildman–Crippen MR) is 108 cm³/mol. The van der Waals surface area contributed by atoms with Gasteiger partial charge in [-0.05, 0) is 36.4 Å². The van der Waals surface area contributed by atoms with E-state index >= 15 is 0 Å². The quantitative estimate of drug-likeness (QED) is 0.631. The molecule has 0 amide bonds. The van der Waals surface area contributed by atoms with Gasteiger partial charge in [0, 0.05) is 15.4 Å². The zero-order chi connectivity index (χ0) is 18.8. The van der Waals surface area contributed by atoms with Crippen molar-refractivity contribution in [2.45, 2.75) is 9.79 Å². The lowest BCUT2D eigenvalue weighted by atomic mass is 9.93. The Labute approximate surface area is 165 Å². The fourth-order valence-corrected chi connectivity index (χ4v) is 4.88. The van der Waals surface area contributed by atoms with Gasteiger partial charge in [0.25, 0.3) is 0 Å². The van der Waals surface area contributed by atoms with Crippen molar-refractivity contribution in [3.8, 4) is 5.75 Å². The van der Waals surface area contributed by atoms with E-state index in [9.17, 15) is 14.7 Å². The smallest absolute Gasteiger partial charge is 0.205 e. The van der Waals surface area contributed by atoms with Crippen LogP contribution in [0.25, 0.3) is 0 Å². The standard InChI is InChI=1S/C22H14O3S2/c23-17-13-7-12-16-18(17)20(25)22(27-15-10-5-2-6-11-15)21(19(16)24)26-14-8-3-1-4-9-14/h1-13,23H. The molecule has 0 radical (unpaired) electrons. The maximum absolute atomic E-state index is 13.2. The van der Waals surface area contributed by atoms with Gasteiger partial charge in [0.05, 0.1) is 15.4 Å². The lowest BCUT2D eigenvalue weighted by molar-refractivity contribution is 0.0986. The van der Waals surface area contributed by atoms with Crippen LogP contribution in [-0.2, 0) is 0 Å². The Balaban J connectivity index is 1.85. The Hall–Kier alpha value is -2.76. The molecular weight excluding hydrogens is 376 g/mol. The predicted octanol–water partition coefficient (Wildman–Crippen LogP) is 5.57. The molecule has 3 nitrogen and oxygen atoms in total. The Morgan fingerprint density at radius 1 is 0.593 bits per heavy atom. The van der Waals surface area contributed by atoms with E-state index in [1.165, 1.54) is 29.6 Å². The summed E-state index contributed by atoms with van der Waals surface area (Å²) < 4.78 is 0. The van der Waals surface area contributed by atoms with Crippen molar-refractivity contribution in [1.82, 2.24) is 0 Å². The van der Waals surface area contributed by atoms with Crippen LogP contribution < -0.4 is 0 Å². The first-order valence-corrected chi connectivity index (χ1v) is 9.90. The molecule has 1 aliphatic rings. The van der Waals surface area contributed by atoms with E-state index in [2.05, 4.69) is 0 Å². The second kappa shape index (κ2) is 7.47. The fraction of sp³-hybridized carbons (Fsp3) is 0. The molecule has 3 aromatic carbocycles. The molecule has 4 rings (SSSR count). The van der Waals surface area contributed by atoms with E-state index in [-0.39, 0.29) is 28.4 Å². The molecule has 0 atom stereocenters. The van der Waals surface area contributed by atoms with Crippen molar-refractivity contribution in [3.05, 3.63) is 99.8 Å². The third-order valence-corrected chi connectivity index (χ3v) is 6.39. The van der Waals surface area contributed by atoms with Gasteiger partial charge in [-0.25, -0.2) is 0 Å². The van der Waals surface area contributed by atoms with E-state index in [1.807, 2.05) is 60.7 Å². The minimum Gasteiger partial charge on any atom is -0.507 e. The van der Waals surface area contributed by atoms with E-state index in [4.69, 9.17) is 0 Å². The summed E-state index contributed by atoms with van der Waals surface area (Å²) in [5.74, 6) is -0.733. The summed E-state index contributed by atoms with van der Waals surface area (Å²) in [7, 11) is 0. The topological polar surface area (TPSA) is 54.4 Å². The third kappa shape index (κ3) is 3.44. The molecule has 132 valence electrons. The van der Waals surface area contributed by atoms with Gasteiger partial charge in [-0.1, -0.05) is 66.0 Å². The second-order valence-corrected chi connectivity index (χ2v) is 8.01. The van der Waals surface area contributed by atoms with Crippen LogP contribution in [0.15, 0.2) is 98.5 Å². The fourth-order valence-electron chi connectivity index (χ4n) is 2.81. The first-order valence-electron chi connectivity index (χ1n) is 8.26. The van der Waals surface area contributed by atoms with Crippen LogP contribution >= 0.6 is 23.5 Å². The molecule has 0 aliphatic heterocycles. The highest BCUT2D eigenvalue weighted by Gasteiger charge is 2.35. The highest BCUT2D eigenvalue weighted by Crippen LogP contribution is 2.44. The summed E-state index contributed by atoms with van der Waals surface area (Å²) in [5, 5.41) is 10.2. The minimum atomic E-state index is -0.324. The molecule has 0 fully saturated rings. The molecule has 3 aromatic rings. The van der Waals surface area contributed by atoms with Crippen molar-refractivity contribution in [2.24, 2.45) is 0 Å². The zero-order valence-electron chi connectivity index (χ0n) is 14.1. The van der Waals surface area contributed by atoms with Crippen LogP contribution in [0.2, 0.25) is 0 Å². The summed E-state index contributed by atoms with van der Waals surface area (Å²) in [5.41, 5.74) is 0.328. The van der Waals surface area contributed by atoms with E-state index in [0.717, 1.165) is 9.79 Å². The number of phenols is 1. The number of allylic oxidation sites excluding steroid dienone is 2. The number of hydrogen-bond acceptors (Lipinski definition) is 5. The number of phenolic OH excluding ortho intramolecular Hbond substituents is 1. The molecule has 0 bridgehead atoms. The highest BCUT2D eigenvalue weighted by molar-refractivity contribution is 8.08. The molecular formula is C22H14O3S2. The van der Waals surface area contributed by atoms with Crippen LogP contribution in [0, 0.1) is 0 Å². The maximum Gasteiger partial charge on any atom is 0.205 e. The van der Waals surface area contributed by atoms with Gasteiger partial charge in [0.2, 0.25) is 11.6 Å². The van der Waals surface area contributed by atoms with Gasteiger partial charge in [-0.15, -0.1) is 0 Å². The Kier molecular flexibility index (Phi) is 4.88. The molecule has 0 heterocycles. The number of ketones is 2. The summed E-state index contributed by atoms with van der Waals surface area (Å²) in [6.07, 6.45) is 0. The number of Topliss-reactive ketones (excluding diaryl/α,β-unsaturated/α-hetero) is 2. The third-order valence-electron chi connectivity index (χ3n) is 4.06. The molecule has 1 N–H and O–H groups in total. The average molecular weight is 390 g/mol. The molecule has 0 spiro atoms. The lowest BCUT2D eigenvalue weighted by Crippen LogP contribution is -2.19. The number of thioether (sulfide) groups is 2. The average Bonchev–Trinajstić information content (AvgIpc) is 2.70. The van der Waals surface area contributed by atoms with Gasteiger partial charge in [-0.2, -0.15) is 0 Å². The van der Waals surface area contributed by atoms with Crippen molar-refractivity contribution >= 4 is 35.1 Å². The molecule has 0 aromatic heterocycles. The molecule has 1 aliphatic carbocycles. The van der Waals surface area contributed by atoms with Crippen molar-refractivity contribution < 1.29 is 14.7 Å². The Bertz CT molecular complexity index is 1060. The normalized spacial score (nSPS) is 13.6. The number of fused-ring (bicyclic) bond motifs is 1. The lowest BCUT2D eigenvalue weighted by Gasteiger charge is -2.21. The van der Waals surface area contributed by atoms with Gasteiger partial charge in [0.15, 0.2) is 0 Å². The summed E-state index contributed by atoms with van der Waals surface area (Å²) in [4.78, 5) is 28.8. The monoisotopic (exact) mass is 390 g/mol. The number of hydrogen-bond donors (Lipinski definition) is 1. The number of aromatic hydroxyl groups is 1. The van der Waals surface area contributed by atoms with Gasteiger partial charge in [-0.3, -0.25) is 9.59 Å². The minimum absolute atomic E-state index is 0.0818. The molecule has 27 heavy (non-hydrogen) atoms. The summed E-state index contributed by atoms with van der Waals surface area (Å²) >= 11 is 2.53. The van der Waals surface area contributed by atoms with Crippen molar-refractivity contribution in [2.75, 3.05) is 0 Å². The largest absolute Gasteiger partial charge is 0.507 e. The first-order chi connectivity index (χ1) is 13.1. The van der Waals surface area contributed by atoms with E-state index in [1.54, 1.807) is 12.1 Å². The van der Waals surface area contributed by atoms with Crippen LogP contribution in [0.4, 0.5) is 0 Å². The van der Waals surface area contributed by atoms with Gasteiger partial charge < -0.3 is 5.11 Å². The van der Waals surface area contributed by atoms with Gasteiger partial charge in [0.1, 0.15) is 5.75 Å². The van der Waals surface area contributed by atoms with Crippen LogP contribution in [0.1, 0.15) is 20.7 Å². The van der Waals surface area contributed by atoms with Crippen molar-refractivity contribution in [3.63, 3.8) is 0 Å². The SMILES string of the molecule is O=C1C(Sc2ccccc2)=C(Sc2ccccc2)C(=O)c2c(O)cccc21. The number of rotatable bonds is 4. The highest BCUT2D eigenvalue weighted by atomic mass is 32.2. The van der Waals surface area contributed by atoms with Crippen molar-refractivity contribution in [1.29, 1.82) is 0 Å². The molecule has 0 saturated carbocycles. The molecule has 0 unspecified atom stereocenters. The number of carbonyl (C=O) groups excluding carboxylic acids is 2. The summed E-state index contributed by atoms with van der Waals surface area (Å²) in [6.45, 7) is 0. The Morgan fingerprint density at radius 2 is 1.11 bits per heavy atom. The Morgan fingerprint density at radius 3 is 1.67 bits per heavy atom. The molecule has 5 heteroatoms. The van der Waals surface area contributed by atoms with Crippen LogP contribution in [0.3, 0.4) is 0 Å². The van der Waals surface area contributed by atoms with Crippen LogP contribution in [-0.4, -0.2) is 16.7 Å². The van der Waals surface area contributed by atoms with E-state index in [0.29, 0.717) is 9.81 Å². The second-order valence-electron chi connectivity index (χ2n) is 5.85. The van der Waals surface area contributed by atoms with Crippen LogP contribution in [0.5, 0.6) is 5.75 Å². The number of benzene rings is 3. The zero-order valence-corrected chi connectivity index (χ0v) is 15.7.